The summed E-state index contributed by atoms with van der Waals surface area (Å²) in [7, 11) is 0. The minimum absolute atomic E-state index is 0.0416. The van der Waals surface area contributed by atoms with Crippen molar-refractivity contribution in [2.45, 2.75) is 26.4 Å². The van der Waals surface area contributed by atoms with E-state index < -0.39 is 23.7 Å². The molecule has 1 aromatic carbocycles. The first-order valence-corrected chi connectivity index (χ1v) is 7.11. The Morgan fingerprint density at radius 2 is 2.18 bits per heavy atom. The number of nitrogens with zero attached hydrogens (tertiary/aromatic N) is 1. The lowest BCUT2D eigenvalue weighted by Crippen LogP contribution is -2.34. The van der Waals surface area contributed by atoms with E-state index in [1.54, 1.807) is 6.07 Å². The van der Waals surface area contributed by atoms with E-state index in [0.717, 1.165) is 0 Å². The second kappa shape index (κ2) is 6.64. The highest BCUT2D eigenvalue weighted by Crippen LogP contribution is 2.23. The van der Waals surface area contributed by atoms with Crippen LogP contribution in [-0.4, -0.2) is 41.2 Å². The fourth-order valence-electron chi connectivity index (χ4n) is 2.28. The molecule has 22 heavy (non-hydrogen) atoms. The Morgan fingerprint density at radius 1 is 1.45 bits per heavy atom. The van der Waals surface area contributed by atoms with Gasteiger partial charge in [-0.1, -0.05) is 0 Å². The number of amides is 2. The average Bonchev–Trinajstić information content (AvgIpc) is 2.91. The number of halogens is 1. The number of nitrogens with one attached hydrogen (secondary N) is 1. The van der Waals surface area contributed by atoms with Crippen molar-refractivity contribution in [1.29, 1.82) is 0 Å². The third-order valence-corrected chi connectivity index (χ3v) is 3.38. The summed E-state index contributed by atoms with van der Waals surface area (Å²) in [5, 5.41) is 11.4. The Kier molecular flexibility index (Phi) is 4.85. The van der Waals surface area contributed by atoms with Gasteiger partial charge in [0.25, 0.3) is 0 Å². The molecule has 1 saturated heterocycles. The third-order valence-electron chi connectivity index (χ3n) is 3.38. The van der Waals surface area contributed by atoms with Crippen LogP contribution in [0.5, 0.6) is 5.75 Å². The van der Waals surface area contributed by atoms with Gasteiger partial charge in [-0.15, -0.1) is 0 Å². The number of carbonyl (C=O) groups is 2. The molecular weight excluding hydrogens is 291 g/mol. The van der Waals surface area contributed by atoms with Crippen molar-refractivity contribution in [2.75, 3.05) is 18.4 Å². The largest absolute Gasteiger partial charge is 0.491 e. The Labute approximate surface area is 127 Å². The maximum atomic E-state index is 13.9. The van der Waals surface area contributed by atoms with Crippen LogP contribution in [0.1, 0.15) is 20.3 Å². The van der Waals surface area contributed by atoms with E-state index in [-0.39, 0.29) is 18.3 Å². The van der Waals surface area contributed by atoms with Gasteiger partial charge >= 0.3 is 12.0 Å². The molecule has 2 amide bonds. The first-order valence-electron chi connectivity index (χ1n) is 7.11. The molecule has 2 rings (SSSR count). The lowest BCUT2D eigenvalue weighted by Gasteiger charge is -2.17. The summed E-state index contributed by atoms with van der Waals surface area (Å²) >= 11 is 0. The number of hydrogen-bond acceptors (Lipinski definition) is 3. The standard InChI is InChI=1S/C15H19FN2O4/c1-9(2)22-11-3-4-13(12(16)7-11)17-15(21)18-6-5-10(8-18)14(19)20/h3-4,7,9-10H,5-6,8H2,1-2H3,(H,17,21)(H,19,20). The number of rotatable bonds is 4. The Hall–Kier alpha value is -2.31. The van der Waals surface area contributed by atoms with E-state index in [1.807, 2.05) is 13.8 Å². The fourth-order valence-corrected chi connectivity index (χ4v) is 2.28. The summed E-state index contributed by atoms with van der Waals surface area (Å²) in [6, 6.07) is 3.71. The minimum Gasteiger partial charge on any atom is -0.491 e. The minimum atomic E-state index is -0.920. The molecule has 1 unspecified atom stereocenters. The molecular formula is C15H19FN2O4. The molecule has 1 aliphatic heterocycles. The molecule has 1 aromatic rings. The molecule has 6 nitrogen and oxygen atoms in total. The van der Waals surface area contributed by atoms with Gasteiger partial charge in [-0.2, -0.15) is 0 Å². The van der Waals surface area contributed by atoms with E-state index in [1.165, 1.54) is 17.0 Å². The second-order valence-electron chi connectivity index (χ2n) is 5.51. The van der Waals surface area contributed by atoms with Gasteiger partial charge < -0.3 is 20.1 Å². The first-order chi connectivity index (χ1) is 10.4. The summed E-state index contributed by atoms with van der Waals surface area (Å²) in [6.07, 6.45) is 0.337. The van der Waals surface area contributed by atoms with E-state index in [4.69, 9.17) is 9.84 Å². The van der Waals surface area contributed by atoms with Crippen LogP contribution in [0.2, 0.25) is 0 Å². The van der Waals surface area contributed by atoms with Crippen LogP contribution < -0.4 is 10.1 Å². The van der Waals surface area contributed by atoms with Crippen molar-refractivity contribution >= 4 is 17.7 Å². The summed E-state index contributed by atoms with van der Waals surface area (Å²) < 4.78 is 19.3. The van der Waals surface area contributed by atoms with Gasteiger partial charge in [0.2, 0.25) is 0 Å². The Morgan fingerprint density at radius 3 is 2.73 bits per heavy atom. The van der Waals surface area contributed by atoms with E-state index in [2.05, 4.69) is 5.32 Å². The molecule has 1 aliphatic rings. The number of carbonyl (C=O) groups excluding carboxylic acids is 1. The maximum Gasteiger partial charge on any atom is 0.321 e. The monoisotopic (exact) mass is 310 g/mol. The highest BCUT2D eigenvalue weighted by atomic mass is 19.1. The van der Waals surface area contributed by atoms with Gasteiger partial charge in [-0.05, 0) is 32.4 Å². The summed E-state index contributed by atoms with van der Waals surface area (Å²) in [5.74, 6) is -1.69. The van der Waals surface area contributed by atoms with Crippen molar-refractivity contribution in [3.63, 3.8) is 0 Å². The molecule has 0 bridgehead atoms. The SMILES string of the molecule is CC(C)Oc1ccc(NC(=O)N2CCC(C(=O)O)C2)c(F)c1. The number of carboxylic acid groups (broad SMARTS) is 1. The Bertz CT molecular complexity index is 577. The summed E-state index contributed by atoms with van der Waals surface area (Å²) in [6.45, 7) is 4.15. The molecule has 0 spiro atoms. The zero-order chi connectivity index (χ0) is 16.3. The smallest absolute Gasteiger partial charge is 0.321 e. The zero-order valence-corrected chi connectivity index (χ0v) is 12.5. The number of carboxylic acids is 1. The first kappa shape index (κ1) is 16.1. The number of hydrogen-bond donors (Lipinski definition) is 2. The molecule has 120 valence electrons. The molecule has 1 fully saturated rings. The zero-order valence-electron chi connectivity index (χ0n) is 12.5. The van der Waals surface area contributed by atoms with Crippen LogP contribution >= 0.6 is 0 Å². The molecule has 0 aliphatic carbocycles. The normalized spacial score (nSPS) is 17.6. The molecule has 1 heterocycles. The van der Waals surface area contributed by atoms with E-state index in [9.17, 15) is 14.0 Å². The van der Waals surface area contributed by atoms with Crippen molar-refractivity contribution in [3.8, 4) is 5.75 Å². The van der Waals surface area contributed by atoms with Gasteiger partial charge in [0.05, 0.1) is 17.7 Å². The molecule has 2 N–H and O–H groups in total. The Balaban J connectivity index is 1.99. The summed E-state index contributed by atoms with van der Waals surface area (Å²) in [5.41, 5.74) is 0.0416. The predicted octanol–water partition coefficient (Wildman–Crippen LogP) is 2.55. The molecule has 1 atom stereocenters. The van der Waals surface area contributed by atoms with Gasteiger partial charge in [-0.3, -0.25) is 4.79 Å². The third kappa shape index (κ3) is 3.87. The number of ether oxygens (including phenoxy) is 1. The lowest BCUT2D eigenvalue weighted by molar-refractivity contribution is -0.141. The molecule has 0 aromatic heterocycles. The quantitative estimate of drug-likeness (QED) is 0.896. The maximum absolute atomic E-state index is 13.9. The molecule has 0 saturated carbocycles. The van der Waals surface area contributed by atoms with Crippen molar-refractivity contribution in [3.05, 3.63) is 24.0 Å². The van der Waals surface area contributed by atoms with Gasteiger partial charge in [0, 0.05) is 19.2 Å². The van der Waals surface area contributed by atoms with Crippen molar-refractivity contribution in [1.82, 2.24) is 4.90 Å². The van der Waals surface area contributed by atoms with E-state index >= 15 is 0 Å². The number of aliphatic carboxylic acids is 1. The van der Waals surface area contributed by atoms with Crippen LogP contribution in [-0.2, 0) is 4.79 Å². The van der Waals surface area contributed by atoms with Crippen LogP contribution in [0.25, 0.3) is 0 Å². The second-order valence-corrected chi connectivity index (χ2v) is 5.51. The lowest BCUT2D eigenvalue weighted by atomic mass is 10.1. The average molecular weight is 310 g/mol. The van der Waals surface area contributed by atoms with E-state index in [0.29, 0.717) is 18.7 Å². The number of urea groups is 1. The predicted molar refractivity (Wildman–Crippen MR) is 78.5 cm³/mol. The highest BCUT2D eigenvalue weighted by Gasteiger charge is 2.31. The molecule has 0 radical (unpaired) electrons. The van der Waals surface area contributed by atoms with Crippen LogP contribution in [0.3, 0.4) is 0 Å². The topological polar surface area (TPSA) is 78.9 Å². The fraction of sp³-hybridized carbons (Fsp3) is 0.467. The number of likely N-dealkylation sites (tertiary alicyclic amines) is 1. The van der Waals surface area contributed by atoms with Gasteiger partial charge in [0.1, 0.15) is 11.6 Å². The number of benzene rings is 1. The number of anilines is 1. The van der Waals surface area contributed by atoms with Crippen molar-refractivity contribution in [2.24, 2.45) is 5.92 Å². The van der Waals surface area contributed by atoms with Gasteiger partial charge in [0.15, 0.2) is 0 Å². The highest BCUT2D eigenvalue weighted by molar-refractivity contribution is 5.90. The van der Waals surface area contributed by atoms with Crippen LogP contribution in [0.15, 0.2) is 18.2 Å². The molecule has 7 heteroatoms. The van der Waals surface area contributed by atoms with Crippen molar-refractivity contribution < 1.29 is 23.8 Å². The summed E-state index contributed by atoms with van der Waals surface area (Å²) in [4.78, 5) is 24.3. The van der Waals surface area contributed by atoms with Crippen LogP contribution in [0.4, 0.5) is 14.9 Å². The van der Waals surface area contributed by atoms with Gasteiger partial charge in [-0.25, -0.2) is 9.18 Å². The van der Waals surface area contributed by atoms with Crippen LogP contribution in [0, 0.1) is 11.7 Å².